The Labute approximate surface area is 189 Å². The second kappa shape index (κ2) is 8.42. The van der Waals surface area contributed by atoms with Crippen molar-refractivity contribution >= 4 is 50.4 Å². The lowest BCUT2D eigenvalue weighted by atomic mass is 10.2. The number of nitrogens with zero attached hydrogens (tertiary/aromatic N) is 3. The Hall–Kier alpha value is -2.14. The molecular formula is C18H11Cl3F3N3O3S. The zero-order valence-corrected chi connectivity index (χ0v) is 18.5. The average Bonchev–Trinajstić information content (AvgIpc) is 3.04. The van der Waals surface area contributed by atoms with E-state index in [4.69, 9.17) is 34.8 Å². The normalized spacial score (nSPS) is 12.2. The maximum absolute atomic E-state index is 12.8. The molecule has 13 heteroatoms. The van der Waals surface area contributed by atoms with E-state index < -0.39 is 33.1 Å². The summed E-state index contributed by atoms with van der Waals surface area (Å²) < 4.78 is 64.8. The van der Waals surface area contributed by atoms with Gasteiger partial charge in [-0.1, -0.05) is 34.8 Å². The number of aromatic nitrogens is 3. The van der Waals surface area contributed by atoms with Gasteiger partial charge in [0.2, 0.25) is 0 Å². The molecule has 3 rings (SSSR count). The first-order valence-corrected chi connectivity index (χ1v) is 11.1. The van der Waals surface area contributed by atoms with Crippen molar-refractivity contribution in [3.63, 3.8) is 0 Å². The van der Waals surface area contributed by atoms with Gasteiger partial charge in [0.25, 0.3) is 0 Å². The predicted molar refractivity (Wildman–Crippen MR) is 109 cm³/mol. The van der Waals surface area contributed by atoms with E-state index in [0.717, 1.165) is 10.7 Å². The highest BCUT2D eigenvalue weighted by Crippen LogP contribution is 2.34. The number of carbonyl (C=O) groups excluding carboxylic acids is 1. The molecule has 0 aliphatic heterocycles. The molecule has 0 aliphatic carbocycles. The first-order chi connectivity index (χ1) is 14.3. The summed E-state index contributed by atoms with van der Waals surface area (Å²) in [6.45, 7) is 0. The molecule has 0 radical (unpaired) electrons. The van der Waals surface area contributed by atoms with Crippen molar-refractivity contribution in [3.05, 3.63) is 62.9 Å². The highest BCUT2D eigenvalue weighted by molar-refractivity contribution is 7.92. The number of hydrogen-bond acceptors (Lipinski definition) is 5. The molecule has 0 atom stereocenters. The number of Topliss-reactive ketones (excluding diaryl/α,β-unsaturated/α-hetero) is 1. The Bertz CT molecular complexity index is 1290. The lowest BCUT2D eigenvalue weighted by Gasteiger charge is -2.09. The Balaban J connectivity index is 1.92. The van der Waals surface area contributed by atoms with Crippen LogP contribution >= 0.6 is 34.8 Å². The van der Waals surface area contributed by atoms with Crippen LogP contribution in [0.3, 0.4) is 0 Å². The van der Waals surface area contributed by atoms with Crippen LogP contribution in [0.1, 0.15) is 16.1 Å². The number of aryl methyl sites for hydroxylation is 1. The topological polar surface area (TPSA) is 81.9 Å². The van der Waals surface area contributed by atoms with Gasteiger partial charge in [-0.3, -0.25) is 14.5 Å². The summed E-state index contributed by atoms with van der Waals surface area (Å²) in [4.78, 5) is 16.0. The van der Waals surface area contributed by atoms with E-state index in [9.17, 15) is 26.4 Å². The van der Waals surface area contributed by atoms with E-state index >= 15 is 0 Å². The SMILES string of the molecule is Cn1nc(C(=O)CS(=O)(=O)c2cc(Cl)ccc2Cl)cc1-c1ncc(C(F)(F)F)cc1Cl. The van der Waals surface area contributed by atoms with Crippen LogP contribution in [0.15, 0.2) is 41.4 Å². The van der Waals surface area contributed by atoms with Gasteiger partial charge in [-0.2, -0.15) is 18.3 Å². The first-order valence-electron chi connectivity index (χ1n) is 8.28. The van der Waals surface area contributed by atoms with E-state index in [-0.39, 0.29) is 37.0 Å². The zero-order chi connectivity index (χ0) is 23.1. The molecule has 0 N–H and O–H groups in total. The van der Waals surface area contributed by atoms with Crippen LogP contribution < -0.4 is 0 Å². The van der Waals surface area contributed by atoms with Gasteiger partial charge in [0, 0.05) is 18.3 Å². The van der Waals surface area contributed by atoms with Crippen LogP contribution in [-0.4, -0.2) is 34.7 Å². The van der Waals surface area contributed by atoms with Gasteiger partial charge in [0.15, 0.2) is 15.6 Å². The Morgan fingerprint density at radius 3 is 2.39 bits per heavy atom. The molecular weight excluding hydrogens is 502 g/mol. The average molecular weight is 513 g/mol. The largest absolute Gasteiger partial charge is 0.417 e. The summed E-state index contributed by atoms with van der Waals surface area (Å²) >= 11 is 17.7. The van der Waals surface area contributed by atoms with Crippen molar-refractivity contribution < 1.29 is 26.4 Å². The van der Waals surface area contributed by atoms with Gasteiger partial charge >= 0.3 is 6.18 Å². The molecule has 0 fully saturated rings. The van der Waals surface area contributed by atoms with Crippen molar-refractivity contribution in [2.24, 2.45) is 7.05 Å². The summed E-state index contributed by atoms with van der Waals surface area (Å²) in [7, 11) is -2.73. The molecule has 0 spiro atoms. The molecule has 31 heavy (non-hydrogen) atoms. The van der Waals surface area contributed by atoms with Gasteiger partial charge in [-0.25, -0.2) is 8.42 Å². The Kier molecular flexibility index (Phi) is 6.39. The van der Waals surface area contributed by atoms with Crippen LogP contribution in [-0.2, 0) is 23.1 Å². The Morgan fingerprint density at radius 2 is 1.77 bits per heavy atom. The van der Waals surface area contributed by atoms with Crippen LogP contribution in [0.25, 0.3) is 11.4 Å². The minimum absolute atomic E-state index is 0.0514. The van der Waals surface area contributed by atoms with E-state index in [1.807, 2.05) is 0 Å². The monoisotopic (exact) mass is 511 g/mol. The molecule has 3 aromatic rings. The molecule has 6 nitrogen and oxygen atoms in total. The van der Waals surface area contributed by atoms with Crippen molar-refractivity contribution in [3.8, 4) is 11.4 Å². The molecule has 0 amide bonds. The van der Waals surface area contributed by atoms with Gasteiger partial charge < -0.3 is 0 Å². The van der Waals surface area contributed by atoms with Crippen molar-refractivity contribution in [1.82, 2.24) is 14.8 Å². The minimum Gasteiger partial charge on any atom is -0.291 e. The fourth-order valence-electron chi connectivity index (χ4n) is 2.65. The van der Waals surface area contributed by atoms with Crippen molar-refractivity contribution in [1.29, 1.82) is 0 Å². The highest BCUT2D eigenvalue weighted by atomic mass is 35.5. The van der Waals surface area contributed by atoms with Crippen molar-refractivity contribution in [2.75, 3.05) is 5.75 Å². The number of pyridine rings is 1. The molecule has 0 bridgehead atoms. The van der Waals surface area contributed by atoms with Crippen LogP contribution in [0.2, 0.25) is 15.1 Å². The number of halogens is 6. The van der Waals surface area contributed by atoms with Gasteiger partial charge in [-0.15, -0.1) is 0 Å². The number of rotatable bonds is 5. The Morgan fingerprint density at radius 1 is 1.10 bits per heavy atom. The number of hydrogen-bond donors (Lipinski definition) is 0. The number of carbonyl (C=O) groups is 1. The second-order valence-corrected chi connectivity index (χ2v) is 9.56. The standard InChI is InChI=1S/C18H11Cl3F3N3O3S/c1-27-14(17-12(21)4-9(7-25-17)18(22,23)24)6-13(26-27)15(28)8-31(29,30)16-5-10(19)2-3-11(16)20/h2-7H,8H2,1H3. The number of benzene rings is 1. The minimum atomic E-state index is -4.63. The van der Waals surface area contributed by atoms with Gasteiger partial charge in [0.1, 0.15) is 17.1 Å². The molecule has 0 aliphatic rings. The molecule has 164 valence electrons. The molecule has 0 unspecified atom stereocenters. The summed E-state index contributed by atoms with van der Waals surface area (Å²) in [6.07, 6.45) is -4.03. The fourth-order valence-corrected chi connectivity index (χ4v) is 4.94. The maximum atomic E-state index is 12.8. The first kappa shape index (κ1) is 23.5. The third kappa shape index (κ3) is 5.03. The second-order valence-electron chi connectivity index (χ2n) is 6.35. The molecule has 1 aromatic carbocycles. The van der Waals surface area contributed by atoms with Crippen molar-refractivity contribution in [2.45, 2.75) is 11.1 Å². The molecule has 2 aromatic heterocycles. The highest BCUT2D eigenvalue weighted by Gasteiger charge is 2.32. The van der Waals surface area contributed by atoms with Crippen LogP contribution in [0, 0.1) is 0 Å². The molecule has 0 saturated heterocycles. The van der Waals surface area contributed by atoms with E-state index in [0.29, 0.717) is 12.3 Å². The van der Waals surface area contributed by atoms with Gasteiger partial charge in [0.05, 0.1) is 26.2 Å². The molecule has 0 saturated carbocycles. The van der Waals surface area contributed by atoms with Crippen LogP contribution in [0.4, 0.5) is 13.2 Å². The zero-order valence-electron chi connectivity index (χ0n) is 15.4. The maximum Gasteiger partial charge on any atom is 0.417 e. The van der Waals surface area contributed by atoms with Gasteiger partial charge in [-0.05, 0) is 30.3 Å². The third-order valence-corrected chi connectivity index (χ3v) is 6.74. The fraction of sp³-hybridized carbons (Fsp3) is 0.167. The summed E-state index contributed by atoms with van der Waals surface area (Å²) in [5.74, 6) is -1.81. The van der Waals surface area contributed by atoms with E-state index in [1.165, 1.54) is 25.2 Å². The summed E-state index contributed by atoms with van der Waals surface area (Å²) in [5.41, 5.74) is -1.20. The number of sulfone groups is 1. The third-order valence-electron chi connectivity index (χ3n) is 4.13. The quantitative estimate of drug-likeness (QED) is 0.443. The summed E-state index contributed by atoms with van der Waals surface area (Å²) in [6, 6.07) is 5.71. The smallest absolute Gasteiger partial charge is 0.291 e. The van der Waals surface area contributed by atoms with Crippen LogP contribution in [0.5, 0.6) is 0 Å². The lowest BCUT2D eigenvalue weighted by molar-refractivity contribution is -0.137. The predicted octanol–water partition coefficient (Wildman–Crippen LogP) is 5.12. The van der Waals surface area contributed by atoms with E-state index in [2.05, 4.69) is 10.1 Å². The number of ketones is 1. The lowest BCUT2D eigenvalue weighted by Crippen LogP contribution is -2.17. The molecule has 2 heterocycles. The van der Waals surface area contributed by atoms with E-state index in [1.54, 1.807) is 0 Å². The number of alkyl halides is 3. The summed E-state index contributed by atoms with van der Waals surface area (Å²) in [5, 5.41) is 3.66.